The number of nitrogens with one attached hydrogen (secondary N) is 1. The van der Waals surface area contributed by atoms with Gasteiger partial charge in [-0.05, 0) is 5.56 Å². The summed E-state index contributed by atoms with van der Waals surface area (Å²) in [6.45, 7) is 0.100. The van der Waals surface area contributed by atoms with Crippen molar-refractivity contribution in [2.45, 2.75) is 6.04 Å². The molecule has 0 radical (unpaired) electrons. The summed E-state index contributed by atoms with van der Waals surface area (Å²) >= 11 is 0. The Bertz CT molecular complexity index is 377. The Morgan fingerprint density at radius 2 is 1.86 bits per heavy atom. The number of hydrogen-bond donors (Lipinski definition) is 3. The second-order valence-corrected chi connectivity index (χ2v) is 4.29. The van der Waals surface area contributed by atoms with Gasteiger partial charge in [0.1, 0.15) is 0 Å². The summed E-state index contributed by atoms with van der Waals surface area (Å²) in [4.78, 5) is 0. The summed E-state index contributed by atoms with van der Waals surface area (Å²) in [6, 6.07) is 8.82. The van der Waals surface area contributed by atoms with E-state index >= 15 is 0 Å². The maximum atomic E-state index is 10.6. The highest BCUT2D eigenvalue weighted by Crippen LogP contribution is 2.07. The quantitative estimate of drug-likeness (QED) is 0.630. The van der Waals surface area contributed by atoms with Crippen LogP contribution in [0.5, 0.6) is 0 Å². The molecule has 0 aliphatic carbocycles. The predicted octanol–water partition coefficient (Wildman–Crippen LogP) is -0.520. The van der Waals surface area contributed by atoms with Crippen molar-refractivity contribution in [1.29, 1.82) is 0 Å². The van der Waals surface area contributed by atoms with Gasteiger partial charge in [-0.1, -0.05) is 30.3 Å². The lowest BCUT2D eigenvalue weighted by Gasteiger charge is -2.11. The van der Waals surface area contributed by atoms with Crippen LogP contribution in [-0.2, 0) is 10.2 Å². The van der Waals surface area contributed by atoms with Crippen molar-refractivity contribution in [3.63, 3.8) is 0 Å². The largest absolute Gasteiger partial charge is 0.323 e. The van der Waals surface area contributed by atoms with Crippen molar-refractivity contribution in [2.24, 2.45) is 10.9 Å². The first kappa shape index (κ1) is 11.1. The standard InChI is InChI=1S/C8H13N3O2S/c9-8(6-11-14(10,12)13)7-4-2-1-3-5-7/h1-5,8,11H,6,9H2,(H2,10,12,13). The Kier molecular flexibility index (Phi) is 3.59. The van der Waals surface area contributed by atoms with Crippen molar-refractivity contribution >= 4 is 10.2 Å². The molecule has 1 rings (SSSR count). The molecule has 5 nitrogen and oxygen atoms in total. The van der Waals surface area contributed by atoms with Crippen LogP contribution in [0.4, 0.5) is 0 Å². The fourth-order valence-corrected chi connectivity index (χ4v) is 1.44. The average molecular weight is 215 g/mol. The van der Waals surface area contributed by atoms with Gasteiger partial charge in [-0.2, -0.15) is 8.42 Å². The molecule has 6 heteroatoms. The highest BCUT2D eigenvalue weighted by molar-refractivity contribution is 7.87. The average Bonchev–Trinajstić information content (AvgIpc) is 2.14. The van der Waals surface area contributed by atoms with Gasteiger partial charge in [0.15, 0.2) is 0 Å². The number of benzene rings is 1. The zero-order valence-electron chi connectivity index (χ0n) is 7.55. The Hall–Kier alpha value is -0.950. The van der Waals surface area contributed by atoms with Gasteiger partial charge in [-0.25, -0.2) is 9.86 Å². The highest BCUT2D eigenvalue weighted by atomic mass is 32.2. The van der Waals surface area contributed by atoms with Crippen LogP contribution in [-0.4, -0.2) is 15.0 Å². The summed E-state index contributed by atoms with van der Waals surface area (Å²) in [5, 5.41) is 4.77. The highest BCUT2D eigenvalue weighted by Gasteiger charge is 2.08. The molecule has 0 saturated carbocycles. The molecule has 0 fully saturated rings. The van der Waals surface area contributed by atoms with Gasteiger partial charge in [-0.15, -0.1) is 0 Å². The first-order valence-electron chi connectivity index (χ1n) is 4.07. The molecule has 0 aliphatic heterocycles. The molecule has 78 valence electrons. The minimum absolute atomic E-state index is 0.100. The Morgan fingerprint density at radius 3 is 2.36 bits per heavy atom. The molecule has 5 N–H and O–H groups in total. The third kappa shape index (κ3) is 3.84. The smallest absolute Gasteiger partial charge is 0.274 e. The van der Waals surface area contributed by atoms with Crippen molar-refractivity contribution in [1.82, 2.24) is 4.72 Å². The van der Waals surface area contributed by atoms with Gasteiger partial charge >= 0.3 is 0 Å². The van der Waals surface area contributed by atoms with Crippen LogP contribution in [0.1, 0.15) is 11.6 Å². The van der Waals surface area contributed by atoms with Gasteiger partial charge in [0, 0.05) is 12.6 Å². The molecule has 0 aliphatic rings. The van der Waals surface area contributed by atoms with Crippen LogP contribution >= 0.6 is 0 Å². The first-order chi connectivity index (χ1) is 6.49. The molecule has 14 heavy (non-hydrogen) atoms. The summed E-state index contributed by atoms with van der Waals surface area (Å²) in [6.07, 6.45) is 0. The second kappa shape index (κ2) is 4.52. The van der Waals surface area contributed by atoms with E-state index in [4.69, 9.17) is 10.9 Å². The minimum atomic E-state index is -3.66. The number of rotatable bonds is 4. The molecule has 0 bridgehead atoms. The van der Waals surface area contributed by atoms with Crippen LogP contribution in [0.15, 0.2) is 30.3 Å². The summed E-state index contributed by atoms with van der Waals surface area (Å²) in [5.41, 5.74) is 6.58. The molecule has 0 amide bonds. The van der Waals surface area contributed by atoms with Crippen molar-refractivity contribution < 1.29 is 8.42 Å². The third-order valence-corrected chi connectivity index (χ3v) is 2.30. The van der Waals surface area contributed by atoms with E-state index < -0.39 is 10.2 Å². The van der Waals surface area contributed by atoms with E-state index in [0.29, 0.717) is 0 Å². The lowest BCUT2D eigenvalue weighted by Crippen LogP contribution is -2.36. The lowest BCUT2D eigenvalue weighted by molar-refractivity contribution is 0.574. The van der Waals surface area contributed by atoms with E-state index in [2.05, 4.69) is 4.72 Å². The molecular formula is C8H13N3O2S. The summed E-state index contributed by atoms with van der Waals surface area (Å²) < 4.78 is 23.3. The maximum Gasteiger partial charge on any atom is 0.274 e. The first-order valence-corrected chi connectivity index (χ1v) is 5.61. The van der Waals surface area contributed by atoms with E-state index in [1.807, 2.05) is 30.3 Å². The van der Waals surface area contributed by atoms with E-state index in [9.17, 15) is 8.42 Å². The fraction of sp³-hybridized carbons (Fsp3) is 0.250. The predicted molar refractivity (Wildman–Crippen MR) is 54.5 cm³/mol. The van der Waals surface area contributed by atoms with Crippen LogP contribution < -0.4 is 15.6 Å². The Labute approximate surface area is 83.3 Å². The van der Waals surface area contributed by atoms with Gasteiger partial charge in [-0.3, -0.25) is 0 Å². The zero-order chi connectivity index (χ0) is 10.6. The second-order valence-electron chi connectivity index (χ2n) is 2.91. The SMILES string of the molecule is NC(CNS(N)(=O)=O)c1ccccc1. The Morgan fingerprint density at radius 1 is 1.29 bits per heavy atom. The van der Waals surface area contributed by atoms with E-state index in [-0.39, 0.29) is 12.6 Å². The van der Waals surface area contributed by atoms with Crippen LogP contribution in [0.2, 0.25) is 0 Å². The third-order valence-electron chi connectivity index (χ3n) is 1.73. The normalized spacial score (nSPS) is 13.9. The summed E-state index contributed by atoms with van der Waals surface area (Å²) in [7, 11) is -3.66. The minimum Gasteiger partial charge on any atom is -0.323 e. The molecule has 0 spiro atoms. The van der Waals surface area contributed by atoms with Crippen molar-refractivity contribution in [3.05, 3.63) is 35.9 Å². The number of hydrogen-bond acceptors (Lipinski definition) is 3. The lowest BCUT2D eigenvalue weighted by atomic mass is 10.1. The van der Waals surface area contributed by atoms with Crippen LogP contribution in [0, 0.1) is 0 Å². The van der Waals surface area contributed by atoms with Gasteiger partial charge in [0.25, 0.3) is 10.2 Å². The zero-order valence-corrected chi connectivity index (χ0v) is 8.37. The topological polar surface area (TPSA) is 98.2 Å². The van der Waals surface area contributed by atoms with Crippen molar-refractivity contribution in [2.75, 3.05) is 6.54 Å². The molecular weight excluding hydrogens is 202 g/mol. The summed E-state index contributed by atoms with van der Waals surface area (Å²) in [5.74, 6) is 0. The van der Waals surface area contributed by atoms with E-state index in [1.54, 1.807) is 0 Å². The maximum absolute atomic E-state index is 10.6. The molecule has 1 aromatic rings. The Balaban J connectivity index is 2.56. The molecule has 1 atom stereocenters. The van der Waals surface area contributed by atoms with Crippen molar-refractivity contribution in [3.8, 4) is 0 Å². The van der Waals surface area contributed by atoms with Gasteiger partial charge < -0.3 is 5.73 Å². The molecule has 1 aromatic carbocycles. The monoisotopic (exact) mass is 215 g/mol. The molecule has 1 unspecified atom stereocenters. The van der Waals surface area contributed by atoms with E-state index in [1.165, 1.54) is 0 Å². The molecule has 0 heterocycles. The van der Waals surface area contributed by atoms with Gasteiger partial charge in [0.2, 0.25) is 0 Å². The van der Waals surface area contributed by atoms with E-state index in [0.717, 1.165) is 5.56 Å². The van der Waals surface area contributed by atoms with Crippen LogP contribution in [0.3, 0.4) is 0 Å². The fourth-order valence-electron chi connectivity index (χ4n) is 1.02. The molecule has 0 aromatic heterocycles. The number of nitrogens with two attached hydrogens (primary N) is 2. The molecule has 0 saturated heterocycles. The van der Waals surface area contributed by atoms with Crippen LogP contribution in [0.25, 0.3) is 0 Å². The van der Waals surface area contributed by atoms with Gasteiger partial charge in [0.05, 0.1) is 0 Å².